The summed E-state index contributed by atoms with van der Waals surface area (Å²) in [6.07, 6.45) is 0. The minimum atomic E-state index is -0.543. The van der Waals surface area contributed by atoms with Crippen LogP contribution in [-0.2, 0) is 9.47 Å². The molecule has 1 aromatic rings. The van der Waals surface area contributed by atoms with E-state index in [0.717, 1.165) is 6.54 Å². The van der Waals surface area contributed by atoms with Crippen molar-refractivity contribution >= 4 is 17.9 Å². The minimum Gasteiger partial charge on any atom is -0.462 e. The van der Waals surface area contributed by atoms with Gasteiger partial charge in [0.1, 0.15) is 0 Å². The van der Waals surface area contributed by atoms with Crippen molar-refractivity contribution in [2.75, 3.05) is 31.7 Å². The molecule has 0 bridgehead atoms. The molecule has 23 heavy (non-hydrogen) atoms. The van der Waals surface area contributed by atoms with E-state index in [4.69, 9.17) is 9.47 Å². The Hall–Kier alpha value is -2.51. The molecule has 2 N–H and O–H groups in total. The molecule has 0 unspecified atom stereocenters. The summed E-state index contributed by atoms with van der Waals surface area (Å²) in [6.45, 7) is 8.80. The first-order valence-electron chi connectivity index (χ1n) is 7.62. The van der Waals surface area contributed by atoms with Gasteiger partial charge in [-0.25, -0.2) is 9.59 Å². The standard InChI is InChI=1S/C15H22N4O4/c1-5-22-13(20)11-9(3)19(18-15-16-7-8-17-15)10(4)12(11)14(21)23-6-2/h5-8H2,1-4H3,(H2,16,17,18). The summed E-state index contributed by atoms with van der Waals surface area (Å²) in [7, 11) is 0. The van der Waals surface area contributed by atoms with Crippen molar-refractivity contribution in [1.29, 1.82) is 0 Å². The first-order valence-corrected chi connectivity index (χ1v) is 7.62. The molecule has 0 fully saturated rings. The van der Waals surface area contributed by atoms with Gasteiger partial charge in [-0.1, -0.05) is 0 Å². The summed E-state index contributed by atoms with van der Waals surface area (Å²) in [5.74, 6) is -0.493. The highest BCUT2D eigenvalue weighted by Gasteiger charge is 2.30. The van der Waals surface area contributed by atoms with E-state index in [1.165, 1.54) is 0 Å². The molecule has 0 aromatic carbocycles. The molecule has 0 spiro atoms. The van der Waals surface area contributed by atoms with Crippen LogP contribution in [0.3, 0.4) is 0 Å². The maximum Gasteiger partial charge on any atom is 0.340 e. The lowest BCUT2D eigenvalue weighted by Crippen LogP contribution is -2.33. The van der Waals surface area contributed by atoms with Crippen molar-refractivity contribution in [3.8, 4) is 0 Å². The Morgan fingerprint density at radius 2 is 1.65 bits per heavy atom. The quantitative estimate of drug-likeness (QED) is 0.784. The normalized spacial score (nSPS) is 13.3. The number of hydrogen-bond acceptors (Lipinski definition) is 7. The topological polar surface area (TPSA) is 94.0 Å². The third-order valence-electron chi connectivity index (χ3n) is 3.50. The lowest BCUT2D eigenvalue weighted by Gasteiger charge is -2.12. The molecule has 1 aliphatic heterocycles. The van der Waals surface area contributed by atoms with Crippen LogP contribution in [-0.4, -0.2) is 48.9 Å². The number of nitrogens with zero attached hydrogens (tertiary/aromatic N) is 2. The summed E-state index contributed by atoms with van der Waals surface area (Å²) in [5.41, 5.74) is 4.64. The monoisotopic (exact) mass is 322 g/mol. The van der Waals surface area contributed by atoms with E-state index in [1.807, 2.05) is 0 Å². The zero-order valence-corrected chi connectivity index (χ0v) is 13.9. The highest BCUT2D eigenvalue weighted by molar-refractivity contribution is 6.05. The number of nitrogens with one attached hydrogen (secondary N) is 2. The number of carbonyl (C=O) groups is 2. The van der Waals surface area contributed by atoms with Gasteiger partial charge in [-0.15, -0.1) is 0 Å². The Balaban J connectivity index is 2.49. The number of aromatic nitrogens is 1. The van der Waals surface area contributed by atoms with E-state index in [2.05, 4.69) is 15.7 Å². The van der Waals surface area contributed by atoms with Crippen LogP contribution in [0.4, 0.5) is 0 Å². The number of guanidine groups is 1. The van der Waals surface area contributed by atoms with Crippen LogP contribution in [0.25, 0.3) is 0 Å². The van der Waals surface area contributed by atoms with Gasteiger partial charge in [-0.2, -0.15) is 0 Å². The number of aliphatic imine (C=N–C) groups is 1. The van der Waals surface area contributed by atoms with Crippen LogP contribution in [0.2, 0.25) is 0 Å². The van der Waals surface area contributed by atoms with Gasteiger partial charge in [0.25, 0.3) is 0 Å². The number of ether oxygens (including phenoxy) is 2. The van der Waals surface area contributed by atoms with Crippen molar-refractivity contribution < 1.29 is 19.1 Å². The van der Waals surface area contributed by atoms with Crippen LogP contribution < -0.4 is 10.7 Å². The smallest absolute Gasteiger partial charge is 0.340 e. The van der Waals surface area contributed by atoms with Crippen molar-refractivity contribution in [1.82, 2.24) is 9.99 Å². The molecule has 0 atom stereocenters. The zero-order valence-electron chi connectivity index (χ0n) is 13.9. The molecule has 0 amide bonds. The third-order valence-corrected chi connectivity index (χ3v) is 3.50. The van der Waals surface area contributed by atoms with E-state index in [-0.39, 0.29) is 24.3 Å². The molecule has 0 aliphatic carbocycles. The molecular formula is C15H22N4O4. The van der Waals surface area contributed by atoms with Crippen LogP contribution >= 0.6 is 0 Å². The van der Waals surface area contributed by atoms with Crippen LogP contribution in [0.5, 0.6) is 0 Å². The first kappa shape index (κ1) is 16.9. The molecule has 0 saturated carbocycles. The van der Waals surface area contributed by atoms with E-state index in [1.54, 1.807) is 32.4 Å². The average molecular weight is 322 g/mol. The van der Waals surface area contributed by atoms with Gasteiger partial charge in [-0.05, 0) is 27.7 Å². The molecule has 8 heteroatoms. The molecule has 8 nitrogen and oxygen atoms in total. The summed E-state index contributed by atoms with van der Waals surface area (Å²) < 4.78 is 11.8. The molecule has 0 radical (unpaired) electrons. The van der Waals surface area contributed by atoms with Gasteiger partial charge in [0.15, 0.2) is 0 Å². The largest absolute Gasteiger partial charge is 0.462 e. The van der Waals surface area contributed by atoms with Crippen molar-refractivity contribution in [3.63, 3.8) is 0 Å². The van der Waals surface area contributed by atoms with Crippen LogP contribution in [0, 0.1) is 13.8 Å². The summed E-state index contributed by atoms with van der Waals surface area (Å²) >= 11 is 0. The predicted octanol–water partition coefficient (Wildman–Crippen LogP) is 0.961. The lowest BCUT2D eigenvalue weighted by molar-refractivity contribution is 0.0479. The van der Waals surface area contributed by atoms with Crippen LogP contribution in [0.1, 0.15) is 46.0 Å². The highest BCUT2D eigenvalue weighted by Crippen LogP contribution is 2.23. The van der Waals surface area contributed by atoms with Gasteiger partial charge in [0.2, 0.25) is 5.96 Å². The molecule has 1 aromatic heterocycles. The molecule has 2 heterocycles. The Labute approximate surface area is 134 Å². The van der Waals surface area contributed by atoms with Crippen molar-refractivity contribution in [2.24, 2.45) is 4.99 Å². The van der Waals surface area contributed by atoms with E-state index in [9.17, 15) is 9.59 Å². The van der Waals surface area contributed by atoms with Crippen LogP contribution in [0.15, 0.2) is 4.99 Å². The second-order valence-corrected chi connectivity index (χ2v) is 4.97. The molecule has 2 rings (SSSR count). The Bertz CT molecular complexity index is 607. The molecule has 1 aliphatic rings. The second kappa shape index (κ2) is 7.17. The SMILES string of the molecule is CCOC(=O)c1c(C(=O)OCC)c(C)n(NC2=NCCN2)c1C. The Kier molecular flexibility index (Phi) is 5.25. The number of carbonyl (C=O) groups excluding carboxylic acids is 2. The van der Waals surface area contributed by atoms with E-state index in [0.29, 0.717) is 23.9 Å². The molecule has 126 valence electrons. The Morgan fingerprint density at radius 1 is 1.13 bits per heavy atom. The second-order valence-electron chi connectivity index (χ2n) is 4.97. The molecule has 0 saturated heterocycles. The minimum absolute atomic E-state index is 0.217. The number of hydrogen-bond donors (Lipinski definition) is 2. The number of rotatable bonds is 5. The Morgan fingerprint density at radius 3 is 2.04 bits per heavy atom. The van der Waals surface area contributed by atoms with Gasteiger partial charge in [0, 0.05) is 6.54 Å². The summed E-state index contributed by atoms with van der Waals surface area (Å²) in [6, 6.07) is 0. The van der Waals surface area contributed by atoms with Gasteiger partial charge in [0.05, 0.1) is 42.3 Å². The number of esters is 2. The third kappa shape index (κ3) is 3.30. The van der Waals surface area contributed by atoms with Crippen molar-refractivity contribution in [2.45, 2.75) is 27.7 Å². The maximum atomic E-state index is 12.3. The lowest BCUT2D eigenvalue weighted by atomic mass is 10.1. The predicted molar refractivity (Wildman–Crippen MR) is 85.5 cm³/mol. The fraction of sp³-hybridized carbons (Fsp3) is 0.533. The van der Waals surface area contributed by atoms with Gasteiger partial charge < -0.3 is 14.8 Å². The van der Waals surface area contributed by atoms with E-state index < -0.39 is 11.9 Å². The van der Waals surface area contributed by atoms with Gasteiger partial charge in [-0.3, -0.25) is 15.1 Å². The van der Waals surface area contributed by atoms with Crippen molar-refractivity contribution in [3.05, 3.63) is 22.5 Å². The summed E-state index contributed by atoms with van der Waals surface area (Å²) in [4.78, 5) is 28.8. The first-order chi connectivity index (χ1) is 11.0. The van der Waals surface area contributed by atoms with E-state index >= 15 is 0 Å². The molecular weight excluding hydrogens is 300 g/mol. The fourth-order valence-corrected chi connectivity index (χ4v) is 2.49. The maximum absolute atomic E-state index is 12.3. The van der Waals surface area contributed by atoms with Gasteiger partial charge >= 0.3 is 11.9 Å². The average Bonchev–Trinajstić information content (AvgIpc) is 3.09. The fourth-order valence-electron chi connectivity index (χ4n) is 2.49. The highest BCUT2D eigenvalue weighted by atomic mass is 16.5. The summed E-state index contributed by atoms with van der Waals surface area (Å²) in [5, 5.41) is 3.08. The zero-order chi connectivity index (χ0) is 17.0.